The minimum absolute atomic E-state index is 0.197. The Labute approximate surface area is 158 Å². The molecule has 1 N–H and O–H groups in total. The van der Waals surface area contributed by atoms with E-state index in [4.69, 9.17) is 0 Å². The van der Waals surface area contributed by atoms with Crippen LogP contribution in [0.4, 0.5) is 0 Å². The second-order valence-electron chi connectivity index (χ2n) is 6.74. The quantitative estimate of drug-likeness (QED) is 0.522. The number of imidazole rings is 2. The molecule has 0 radical (unpaired) electrons. The topological polar surface area (TPSA) is 108 Å². The van der Waals surface area contributed by atoms with Gasteiger partial charge in [0.05, 0.1) is 18.6 Å². The summed E-state index contributed by atoms with van der Waals surface area (Å²) in [4.78, 5) is 46.0. The Hall–Kier alpha value is -3.69. The Balaban J connectivity index is 1.56. The molecule has 0 unspecified atom stereocenters. The lowest BCUT2D eigenvalue weighted by atomic mass is 10.3. The molecule has 1 amide bonds. The smallest absolute Gasteiger partial charge is 0.332 e. The highest BCUT2D eigenvalue weighted by atomic mass is 16.2. The fourth-order valence-electron chi connectivity index (χ4n) is 3.15. The first-order valence-electron chi connectivity index (χ1n) is 8.67. The zero-order chi connectivity index (χ0) is 20.0. The number of aromatic nitrogens is 6. The average Bonchev–Trinajstić information content (AvgIpc) is 3.24. The number of rotatable bonds is 4. The first-order chi connectivity index (χ1) is 13.3. The van der Waals surface area contributed by atoms with Crippen molar-refractivity contribution >= 4 is 22.7 Å². The van der Waals surface area contributed by atoms with Crippen LogP contribution in [0.1, 0.15) is 11.3 Å². The van der Waals surface area contributed by atoms with E-state index in [0.717, 1.165) is 15.8 Å². The van der Waals surface area contributed by atoms with Crippen LogP contribution >= 0.6 is 0 Å². The lowest BCUT2D eigenvalue weighted by molar-refractivity contribution is -0.121. The fourth-order valence-corrected chi connectivity index (χ4v) is 3.15. The number of hydrogen-bond donors (Lipinski definition) is 1. The number of aryl methyl sites for hydroxylation is 3. The van der Waals surface area contributed by atoms with Crippen LogP contribution in [0.15, 0.2) is 40.4 Å². The highest BCUT2D eigenvalue weighted by Gasteiger charge is 2.17. The minimum atomic E-state index is -0.588. The summed E-state index contributed by atoms with van der Waals surface area (Å²) in [6.07, 6.45) is 5.18. The monoisotopic (exact) mass is 381 g/mol. The number of hydrogen-bond acceptors (Lipinski definition) is 5. The van der Waals surface area contributed by atoms with Gasteiger partial charge in [0.15, 0.2) is 11.2 Å². The maximum Gasteiger partial charge on any atom is 0.332 e. The van der Waals surface area contributed by atoms with Crippen molar-refractivity contribution in [3.05, 3.63) is 62.9 Å². The summed E-state index contributed by atoms with van der Waals surface area (Å²) < 4.78 is 5.57. The molecule has 144 valence electrons. The Morgan fingerprint density at radius 1 is 1.25 bits per heavy atom. The largest absolute Gasteiger partial charge is 0.349 e. The third-order valence-electron chi connectivity index (χ3n) is 4.64. The Morgan fingerprint density at radius 2 is 2.04 bits per heavy atom. The first-order valence-corrected chi connectivity index (χ1v) is 8.67. The summed E-state index contributed by atoms with van der Waals surface area (Å²) >= 11 is 0. The molecule has 4 aromatic rings. The molecule has 4 heterocycles. The summed E-state index contributed by atoms with van der Waals surface area (Å²) in [6.45, 7) is 1.80. The normalized spacial score (nSPS) is 11.4. The van der Waals surface area contributed by atoms with E-state index in [1.165, 1.54) is 22.5 Å². The van der Waals surface area contributed by atoms with Gasteiger partial charge in [0.2, 0.25) is 5.91 Å². The third-order valence-corrected chi connectivity index (χ3v) is 4.64. The van der Waals surface area contributed by atoms with Gasteiger partial charge in [-0.05, 0) is 24.6 Å². The van der Waals surface area contributed by atoms with Gasteiger partial charge < -0.3 is 14.3 Å². The van der Waals surface area contributed by atoms with Gasteiger partial charge in [-0.15, -0.1) is 0 Å². The van der Waals surface area contributed by atoms with E-state index in [9.17, 15) is 14.4 Å². The van der Waals surface area contributed by atoms with Gasteiger partial charge in [-0.2, -0.15) is 0 Å². The molecule has 0 saturated carbocycles. The van der Waals surface area contributed by atoms with Crippen LogP contribution in [0.2, 0.25) is 0 Å². The summed E-state index contributed by atoms with van der Waals surface area (Å²) in [5.41, 5.74) is 1.98. The fraction of sp³-hybridized carbons (Fsp3) is 0.278. The lowest BCUT2D eigenvalue weighted by Gasteiger charge is -2.08. The molecule has 28 heavy (non-hydrogen) atoms. The van der Waals surface area contributed by atoms with Crippen molar-refractivity contribution in [2.45, 2.75) is 20.0 Å². The molecule has 0 fully saturated rings. The van der Waals surface area contributed by atoms with Crippen LogP contribution in [0.3, 0.4) is 0 Å². The minimum Gasteiger partial charge on any atom is -0.349 e. The molecule has 0 bridgehead atoms. The standard InChI is InChI=1S/C18H19N7O3/c1-11-4-5-24-8-12(21-13(24)6-11)7-19-14(26)9-25-17(27)15-16(20-10-22(15)2)23(3)18(25)28/h4-6,8,10H,7,9H2,1-3H3,(H,19,26). The van der Waals surface area contributed by atoms with Crippen LogP contribution in [0.25, 0.3) is 16.8 Å². The number of carbonyl (C=O) groups is 1. The van der Waals surface area contributed by atoms with E-state index >= 15 is 0 Å². The molecule has 10 nitrogen and oxygen atoms in total. The van der Waals surface area contributed by atoms with Crippen LogP contribution < -0.4 is 16.6 Å². The number of nitrogens with one attached hydrogen (secondary N) is 1. The van der Waals surface area contributed by atoms with Crippen molar-refractivity contribution in [2.75, 3.05) is 0 Å². The second-order valence-corrected chi connectivity index (χ2v) is 6.74. The highest BCUT2D eigenvalue weighted by molar-refractivity contribution is 5.76. The molecule has 0 aliphatic carbocycles. The third kappa shape index (κ3) is 2.88. The SMILES string of the molecule is Cc1ccn2cc(CNC(=O)Cn3c(=O)c4c(ncn4C)n(C)c3=O)nc2c1. The van der Waals surface area contributed by atoms with Gasteiger partial charge in [-0.25, -0.2) is 19.3 Å². The summed E-state index contributed by atoms with van der Waals surface area (Å²) in [5.74, 6) is -0.450. The molecule has 10 heteroatoms. The van der Waals surface area contributed by atoms with Crippen molar-refractivity contribution in [1.82, 2.24) is 33.4 Å². The van der Waals surface area contributed by atoms with Crippen molar-refractivity contribution in [1.29, 1.82) is 0 Å². The number of nitrogens with zero attached hydrogens (tertiary/aromatic N) is 6. The van der Waals surface area contributed by atoms with Crippen molar-refractivity contribution in [3.63, 3.8) is 0 Å². The van der Waals surface area contributed by atoms with Crippen molar-refractivity contribution in [2.24, 2.45) is 14.1 Å². The van der Waals surface area contributed by atoms with Gasteiger partial charge >= 0.3 is 5.69 Å². The molecule has 4 aromatic heterocycles. The van der Waals surface area contributed by atoms with Gasteiger partial charge in [0, 0.05) is 26.5 Å². The zero-order valence-electron chi connectivity index (χ0n) is 15.7. The Bertz CT molecular complexity index is 1340. The van der Waals surface area contributed by atoms with Crippen molar-refractivity contribution in [3.8, 4) is 0 Å². The number of fused-ring (bicyclic) bond motifs is 2. The van der Waals surface area contributed by atoms with Gasteiger partial charge in [-0.1, -0.05) is 0 Å². The first kappa shape index (κ1) is 17.7. The Morgan fingerprint density at radius 3 is 2.82 bits per heavy atom. The second kappa shape index (κ2) is 6.48. The van der Waals surface area contributed by atoms with Gasteiger partial charge in [-0.3, -0.25) is 14.2 Å². The molecule has 4 rings (SSSR count). The van der Waals surface area contributed by atoms with Gasteiger partial charge in [0.1, 0.15) is 12.2 Å². The molecule has 0 atom stereocenters. The molecule has 0 aromatic carbocycles. The molecule has 0 aliphatic rings. The molecule has 0 spiro atoms. The van der Waals surface area contributed by atoms with E-state index < -0.39 is 17.2 Å². The number of carbonyl (C=O) groups excluding carboxylic acids is 1. The van der Waals surface area contributed by atoms with Gasteiger partial charge in [0.25, 0.3) is 5.56 Å². The molecule has 0 aliphatic heterocycles. The van der Waals surface area contributed by atoms with E-state index in [0.29, 0.717) is 5.69 Å². The zero-order valence-corrected chi connectivity index (χ0v) is 15.7. The number of pyridine rings is 1. The number of amides is 1. The van der Waals surface area contributed by atoms with Crippen LogP contribution in [0.5, 0.6) is 0 Å². The predicted molar refractivity (Wildman–Crippen MR) is 102 cm³/mol. The maximum absolute atomic E-state index is 12.6. The maximum atomic E-state index is 12.6. The molecular formula is C18H19N7O3. The molecular weight excluding hydrogens is 362 g/mol. The van der Waals surface area contributed by atoms with E-state index in [1.54, 1.807) is 7.05 Å². The van der Waals surface area contributed by atoms with E-state index in [1.807, 2.05) is 35.9 Å². The Kier molecular flexibility index (Phi) is 4.10. The summed E-state index contributed by atoms with van der Waals surface area (Å²) in [7, 11) is 3.18. The summed E-state index contributed by atoms with van der Waals surface area (Å²) in [5, 5.41) is 2.71. The van der Waals surface area contributed by atoms with E-state index in [2.05, 4.69) is 15.3 Å². The lowest BCUT2D eigenvalue weighted by Crippen LogP contribution is -2.43. The predicted octanol–water partition coefficient (Wildman–Crippen LogP) is -0.294. The summed E-state index contributed by atoms with van der Waals surface area (Å²) in [6, 6.07) is 3.91. The van der Waals surface area contributed by atoms with Crippen LogP contribution in [-0.2, 0) is 32.0 Å². The van der Waals surface area contributed by atoms with Crippen LogP contribution in [-0.4, -0.2) is 34.0 Å². The molecule has 0 saturated heterocycles. The van der Waals surface area contributed by atoms with Crippen LogP contribution in [0, 0.1) is 6.92 Å². The van der Waals surface area contributed by atoms with E-state index in [-0.39, 0.29) is 24.3 Å². The van der Waals surface area contributed by atoms with Crippen molar-refractivity contribution < 1.29 is 4.79 Å². The average molecular weight is 381 g/mol. The highest BCUT2D eigenvalue weighted by Crippen LogP contribution is 2.07.